The fraction of sp³-hybridized carbons (Fsp3) is 1.00. The zero-order chi connectivity index (χ0) is 18.6. The number of hydrogen-bond acceptors (Lipinski definition) is 4. The fourth-order valence-corrected chi connectivity index (χ4v) is 2.37. The summed E-state index contributed by atoms with van der Waals surface area (Å²) in [6.45, 7) is 6.89. The predicted molar refractivity (Wildman–Crippen MR) is 66.3 cm³/mol. The van der Waals surface area contributed by atoms with E-state index in [-0.39, 0.29) is 0 Å². The molecule has 0 saturated heterocycles. The number of alkyl halides is 6. The molecule has 14 heteroatoms. The van der Waals surface area contributed by atoms with Gasteiger partial charge in [0.15, 0.2) is 0 Å². The van der Waals surface area contributed by atoms with Gasteiger partial charge in [0, 0.05) is 0 Å². The van der Waals surface area contributed by atoms with Gasteiger partial charge in [0.2, 0.25) is 0 Å². The Balaban J connectivity index is 0. The van der Waals surface area contributed by atoms with Crippen LogP contribution < -0.4 is 4.13 Å². The van der Waals surface area contributed by atoms with Crippen LogP contribution in [-0.4, -0.2) is 59.5 Å². The van der Waals surface area contributed by atoms with E-state index in [1.807, 2.05) is 0 Å². The molecule has 0 aliphatic heterocycles. The van der Waals surface area contributed by atoms with E-state index in [2.05, 4.69) is 27.9 Å². The van der Waals surface area contributed by atoms with Gasteiger partial charge in [0.05, 0.1) is 27.2 Å². The first-order valence-corrected chi connectivity index (χ1v) is 8.52. The Morgan fingerprint density at radius 2 is 1.00 bits per heavy atom. The van der Waals surface area contributed by atoms with Gasteiger partial charge in [0.25, 0.3) is 0 Å². The average Bonchev–Trinajstić information content (AvgIpc) is 2.25. The molecule has 0 fully saturated rings. The van der Waals surface area contributed by atoms with Crippen molar-refractivity contribution in [1.82, 2.24) is 4.13 Å². The number of sulfonamides is 2. The molecule has 136 valence electrons. The second-order valence-corrected chi connectivity index (χ2v) is 8.16. The largest absolute Gasteiger partial charge is 0.512 e. The number of hydrogen-bond donors (Lipinski definition) is 1. The Morgan fingerprint density at radius 1 is 0.773 bits per heavy atom. The molecule has 0 aromatic carbocycles. The van der Waals surface area contributed by atoms with Gasteiger partial charge in [-0.3, -0.25) is 0 Å². The molecule has 0 spiro atoms. The van der Waals surface area contributed by atoms with Crippen LogP contribution in [0.5, 0.6) is 0 Å². The molecule has 0 rings (SSSR count). The quantitative estimate of drug-likeness (QED) is 0.588. The molecule has 6 nitrogen and oxygen atoms in total. The minimum atomic E-state index is -6.60. The molecule has 0 radical (unpaired) electrons. The summed E-state index contributed by atoms with van der Waals surface area (Å²) in [5.74, 6) is 0. The van der Waals surface area contributed by atoms with Crippen LogP contribution in [0, 0.1) is 0 Å². The standard InChI is InChI=1S/C6H16N.C2HF6NO4S2/c1-5-7(3,4)6-2;3-1(4,5)14(10,11)9-15(12,13)2(6,7)8/h5-6H2,1-4H3;9H/q+1;. The number of rotatable bonds is 4. The van der Waals surface area contributed by atoms with Gasteiger partial charge in [-0.05, 0) is 13.8 Å². The van der Waals surface area contributed by atoms with Gasteiger partial charge in [-0.2, -0.15) is 26.3 Å². The van der Waals surface area contributed by atoms with Crippen molar-refractivity contribution in [1.29, 1.82) is 0 Å². The summed E-state index contributed by atoms with van der Waals surface area (Å²) >= 11 is 0. The van der Waals surface area contributed by atoms with Gasteiger partial charge in [-0.25, -0.2) is 16.8 Å². The van der Waals surface area contributed by atoms with E-state index in [0.717, 1.165) is 4.48 Å². The SMILES string of the molecule is CC[N+](C)(C)CC.O=S(=O)(NS(=O)(=O)C(F)(F)F)C(F)(F)F. The third-order valence-corrected chi connectivity index (χ3v) is 5.52. The summed E-state index contributed by atoms with van der Waals surface area (Å²) in [7, 11) is -8.72. The van der Waals surface area contributed by atoms with Crippen LogP contribution in [0.3, 0.4) is 0 Å². The van der Waals surface area contributed by atoms with E-state index in [1.165, 1.54) is 13.1 Å². The van der Waals surface area contributed by atoms with Gasteiger partial charge in [0.1, 0.15) is 0 Å². The van der Waals surface area contributed by atoms with Crippen molar-refractivity contribution in [2.24, 2.45) is 0 Å². The number of quaternary nitrogens is 1. The molecular formula is C8H17F6N2O4S2+. The molecule has 0 saturated carbocycles. The van der Waals surface area contributed by atoms with Crippen molar-refractivity contribution in [3.8, 4) is 0 Å². The smallest absolute Gasteiger partial charge is 0.329 e. The molecule has 0 bridgehead atoms. The molecule has 0 aliphatic carbocycles. The highest BCUT2D eigenvalue weighted by Gasteiger charge is 2.55. The van der Waals surface area contributed by atoms with Gasteiger partial charge < -0.3 is 4.48 Å². The first-order chi connectivity index (χ1) is 9.33. The average molecular weight is 383 g/mol. The number of nitrogens with zero attached hydrogens (tertiary/aromatic N) is 1. The highest BCUT2D eigenvalue weighted by molar-refractivity contribution is 8.05. The zero-order valence-corrected chi connectivity index (χ0v) is 13.7. The minimum absolute atomic E-state index is 0.493. The van der Waals surface area contributed by atoms with Crippen molar-refractivity contribution in [2.45, 2.75) is 24.9 Å². The van der Waals surface area contributed by atoms with Crippen LogP contribution in [0.15, 0.2) is 0 Å². The van der Waals surface area contributed by atoms with E-state index in [0.29, 0.717) is 0 Å². The van der Waals surface area contributed by atoms with Crippen molar-refractivity contribution in [3.63, 3.8) is 0 Å². The van der Waals surface area contributed by atoms with Crippen LogP contribution in [0.1, 0.15) is 13.8 Å². The summed E-state index contributed by atoms with van der Waals surface area (Å²) < 4.78 is 109. The molecule has 1 N–H and O–H groups in total. The molecule has 0 aromatic rings. The molecule has 0 atom stereocenters. The second-order valence-electron chi connectivity index (χ2n) is 4.55. The third-order valence-electron chi connectivity index (χ3n) is 2.54. The third kappa shape index (κ3) is 7.60. The van der Waals surface area contributed by atoms with Crippen LogP contribution in [-0.2, 0) is 20.0 Å². The van der Waals surface area contributed by atoms with Crippen molar-refractivity contribution in [2.75, 3.05) is 27.2 Å². The van der Waals surface area contributed by atoms with E-state index >= 15 is 0 Å². The molecule has 0 aliphatic rings. The monoisotopic (exact) mass is 383 g/mol. The molecule has 0 heterocycles. The lowest BCUT2D eigenvalue weighted by Gasteiger charge is -2.25. The zero-order valence-electron chi connectivity index (χ0n) is 12.1. The Bertz CT molecular complexity index is 502. The summed E-state index contributed by atoms with van der Waals surface area (Å²) in [4.78, 5) is 0. The topological polar surface area (TPSA) is 80.3 Å². The van der Waals surface area contributed by atoms with Crippen LogP contribution in [0.2, 0.25) is 0 Å². The van der Waals surface area contributed by atoms with Crippen molar-refractivity contribution in [3.05, 3.63) is 0 Å². The Labute approximate surface area is 124 Å². The lowest BCUT2D eigenvalue weighted by atomic mass is 10.5. The van der Waals surface area contributed by atoms with E-state index in [1.54, 1.807) is 0 Å². The Morgan fingerprint density at radius 3 is 1.09 bits per heavy atom. The molecule has 0 unspecified atom stereocenters. The maximum Gasteiger partial charge on any atom is 0.512 e. The summed E-state index contributed by atoms with van der Waals surface area (Å²) in [5, 5.41) is 0. The first-order valence-electron chi connectivity index (χ1n) is 5.56. The minimum Gasteiger partial charge on any atom is -0.329 e. The Hall–Kier alpha value is -0.600. The highest BCUT2D eigenvalue weighted by atomic mass is 32.3. The maximum absolute atomic E-state index is 11.5. The second kappa shape index (κ2) is 7.31. The number of halogens is 6. The normalized spacial score (nSPS) is 14.3. The van der Waals surface area contributed by atoms with Crippen LogP contribution in [0.4, 0.5) is 26.3 Å². The highest BCUT2D eigenvalue weighted by Crippen LogP contribution is 2.27. The maximum atomic E-state index is 11.5. The molecule has 0 aromatic heterocycles. The van der Waals surface area contributed by atoms with E-state index < -0.39 is 35.2 Å². The van der Waals surface area contributed by atoms with Gasteiger partial charge in [-0.15, -0.1) is 0 Å². The molecule has 22 heavy (non-hydrogen) atoms. The van der Waals surface area contributed by atoms with Crippen LogP contribution in [0.25, 0.3) is 0 Å². The fourth-order valence-electron chi connectivity index (χ4n) is 0.463. The predicted octanol–water partition coefficient (Wildman–Crippen LogP) is 1.38. The lowest BCUT2D eigenvalue weighted by molar-refractivity contribution is -0.886. The van der Waals surface area contributed by atoms with E-state index in [9.17, 15) is 43.2 Å². The van der Waals surface area contributed by atoms with Gasteiger partial charge >= 0.3 is 31.1 Å². The molecular weight excluding hydrogens is 366 g/mol. The van der Waals surface area contributed by atoms with Gasteiger partial charge in [-0.1, -0.05) is 4.13 Å². The van der Waals surface area contributed by atoms with E-state index in [4.69, 9.17) is 0 Å². The lowest BCUT2D eigenvalue weighted by Crippen LogP contribution is -2.45. The summed E-state index contributed by atoms with van der Waals surface area (Å²) in [6.07, 6.45) is 0. The van der Waals surface area contributed by atoms with Crippen molar-refractivity contribution >= 4 is 20.0 Å². The number of nitrogens with one attached hydrogen (secondary N) is 1. The summed E-state index contributed by atoms with van der Waals surface area (Å²) in [6, 6.07) is 0. The summed E-state index contributed by atoms with van der Waals surface area (Å²) in [5.41, 5.74) is -12.3. The Kier molecular flexibility index (Phi) is 7.87. The van der Waals surface area contributed by atoms with Crippen molar-refractivity contribution < 1.29 is 47.7 Å². The molecule has 0 amide bonds. The van der Waals surface area contributed by atoms with Crippen LogP contribution >= 0.6 is 0 Å². The first kappa shape index (κ1) is 23.7.